The zero-order chi connectivity index (χ0) is 11.3. The van der Waals surface area contributed by atoms with Gasteiger partial charge in [-0.2, -0.15) is 0 Å². The Morgan fingerprint density at radius 3 is 2.56 bits per heavy atom. The van der Waals surface area contributed by atoms with E-state index in [4.69, 9.17) is 0 Å². The summed E-state index contributed by atoms with van der Waals surface area (Å²) in [5.41, 5.74) is 0. The number of carbonyl (C=O) groups is 1. The van der Waals surface area contributed by atoms with Gasteiger partial charge in [0.15, 0.2) is 0 Å². The van der Waals surface area contributed by atoms with Crippen LogP contribution < -0.4 is 5.32 Å². The van der Waals surface area contributed by atoms with Crippen molar-refractivity contribution >= 4 is 18.3 Å². The Labute approximate surface area is 105 Å². The van der Waals surface area contributed by atoms with Crippen LogP contribution in [0.1, 0.15) is 39.5 Å². The maximum Gasteiger partial charge on any atom is 0.225 e. The number of hydrogen-bond donors (Lipinski definition) is 1. The van der Waals surface area contributed by atoms with Gasteiger partial charge < -0.3 is 10.2 Å². The van der Waals surface area contributed by atoms with Crippen molar-refractivity contribution < 1.29 is 4.79 Å². The fourth-order valence-corrected chi connectivity index (χ4v) is 2.45. The summed E-state index contributed by atoms with van der Waals surface area (Å²) in [6.07, 6.45) is 4.27. The molecule has 1 amide bonds. The molecule has 0 aromatic heterocycles. The van der Waals surface area contributed by atoms with Crippen LogP contribution in [-0.4, -0.2) is 37.0 Å². The normalized spacial score (nSPS) is 20.0. The van der Waals surface area contributed by atoms with Crippen molar-refractivity contribution in [1.82, 2.24) is 10.2 Å². The third-order valence-corrected chi connectivity index (χ3v) is 3.43. The van der Waals surface area contributed by atoms with Gasteiger partial charge in [-0.3, -0.25) is 4.79 Å². The van der Waals surface area contributed by atoms with Crippen molar-refractivity contribution in [2.45, 2.75) is 45.6 Å². The maximum atomic E-state index is 12.2. The Morgan fingerprint density at radius 2 is 2.06 bits per heavy atom. The van der Waals surface area contributed by atoms with Gasteiger partial charge in [0.1, 0.15) is 0 Å². The van der Waals surface area contributed by atoms with Crippen molar-refractivity contribution in [1.29, 1.82) is 0 Å². The molecule has 1 rings (SSSR count). The standard InChI is InChI=1S/C12H24N2O.ClH/c1-4-10(5-2)12(15)14-8-6-7-11(14)9-13-3;/h10-11,13H,4-9H2,1-3H3;1H. The van der Waals surface area contributed by atoms with E-state index in [0.29, 0.717) is 11.9 Å². The molecular formula is C12H25ClN2O. The minimum absolute atomic E-state index is 0. The summed E-state index contributed by atoms with van der Waals surface area (Å²) in [5, 5.41) is 3.18. The molecule has 1 aliphatic heterocycles. The Hall–Kier alpha value is -0.280. The molecule has 16 heavy (non-hydrogen) atoms. The Balaban J connectivity index is 0.00000225. The molecule has 0 radical (unpaired) electrons. The number of nitrogens with one attached hydrogen (secondary N) is 1. The lowest BCUT2D eigenvalue weighted by Gasteiger charge is -2.28. The van der Waals surface area contributed by atoms with Gasteiger partial charge in [0.2, 0.25) is 5.91 Å². The zero-order valence-corrected chi connectivity index (χ0v) is 11.5. The smallest absolute Gasteiger partial charge is 0.225 e. The SMILES string of the molecule is CCC(CC)C(=O)N1CCCC1CNC.Cl. The van der Waals surface area contributed by atoms with E-state index in [2.05, 4.69) is 24.1 Å². The first-order chi connectivity index (χ1) is 7.24. The van der Waals surface area contributed by atoms with Crippen LogP contribution in [0, 0.1) is 5.92 Å². The number of rotatable bonds is 5. The molecule has 0 saturated carbocycles. The fourth-order valence-electron chi connectivity index (χ4n) is 2.45. The highest BCUT2D eigenvalue weighted by Gasteiger charge is 2.30. The number of carbonyl (C=O) groups excluding carboxylic acids is 1. The van der Waals surface area contributed by atoms with Crippen LogP contribution in [0.3, 0.4) is 0 Å². The largest absolute Gasteiger partial charge is 0.338 e. The third kappa shape index (κ3) is 3.63. The van der Waals surface area contributed by atoms with E-state index in [1.165, 1.54) is 0 Å². The summed E-state index contributed by atoms with van der Waals surface area (Å²) in [6, 6.07) is 0.433. The van der Waals surface area contributed by atoms with Gasteiger partial charge in [0.05, 0.1) is 0 Å². The molecule has 4 heteroatoms. The van der Waals surface area contributed by atoms with Crippen LogP contribution in [-0.2, 0) is 4.79 Å². The summed E-state index contributed by atoms with van der Waals surface area (Å²) in [7, 11) is 1.96. The fraction of sp³-hybridized carbons (Fsp3) is 0.917. The van der Waals surface area contributed by atoms with Gasteiger partial charge in [-0.15, -0.1) is 12.4 Å². The average Bonchev–Trinajstić information content (AvgIpc) is 2.68. The monoisotopic (exact) mass is 248 g/mol. The molecule has 0 bridgehead atoms. The van der Waals surface area contributed by atoms with Crippen molar-refractivity contribution in [2.75, 3.05) is 20.1 Å². The topological polar surface area (TPSA) is 32.3 Å². The quantitative estimate of drug-likeness (QED) is 0.808. The first kappa shape index (κ1) is 15.7. The molecule has 3 nitrogen and oxygen atoms in total. The first-order valence-electron chi connectivity index (χ1n) is 6.19. The second kappa shape index (κ2) is 7.91. The second-order valence-electron chi connectivity index (χ2n) is 4.40. The second-order valence-corrected chi connectivity index (χ2v) is 4.40. The number of amides is 1. The van der Waals surface area contributed by atoms with E-state index in [1.54, 1.807) is 0 Å². The summed E-state index contributed by atoms with van der Waals surface area (Å²) in [5.74, 6) is 0.611. The highest BCUT2D eigenvalue weighted by molar-refractivity contribution is 5.85. The molecule has 0 aliphatic carbocycles. The van der Waals surface area contributed by atoms with Gasteiger partial charge in [-0.1, -0.05) is 13.8 Å². The summed E-state index contributed by atoms with van der Waals surface area (Å²) >= 11 is 0. The molecule has 0 aromatic carbocycles. The molecule has 96 valence electrons. The van der Waals surface area contributed by atoms with Crippen LogP contribution in [0.2, 0.25) is 0 Å². The van der Waals surface area contributed by atoms with Crippen molar-refractivity contribution in [3.63, 3.8) is 0 Å². The molecule has 1 unspecified atom stereocenters. The lowest BCUT2D eigenvalue weighted by atomic mass is 10.0. The van der Waals surface area contributed by atoms with Crippen molar-refractivity contribution in [2.24, 2.45) is 5.92 Å². The van der Waals surface area contributed by atoms with E-state index in [1.807, 2.05) is 7.05 Å². The molecule has 1 N–H and O–H groups in total. The summed E-state index contributed by atoms with van der Waals surface area (Å²) < 4.78 is 0. The summed E-state index contributed by atoms with van der Waals surface area (Å²) in [6.45, 7) is 6.11. The van der Waals surface area contributed by atoms with E-state index in [-0.39, 0.29) is 18.3 Å². The average molecular weight is 249 g/mol. The molecule has 0 aromatic rings. The van der Waals surface area contributed by atoms with Crippen LogP contribution in [0.15, 0.2) is 0 Å². The van der Waals surface area contributed by atoms with E-state index >= 15 is 0 Å². The lowest BCUT2D eigenvalue weighted by molar-refractivity contribution is -0.136. The van der Waals surface area contributed by atoms with Crippen LogP contribution in [0.5, 0.6) is 0 Å². The Bertz CT molecular complexity index is 207. The van der Waals surface area contributed by atoms with Crippen LogP contribution in [0.4, 0.5) is 0 Å². The van der Waals surface area contributed by atoms with Gasteiger partial charge in [0, 0.05) is 25.0 Å². The van der Waals surface area contributed by atoms with Crippen molar-refractivity contribution in [3.05, 3.63) is 0 Å². The van der Waals surface area contributed by atoms with Gasteiger partial charge in [-0.25, -0.2) is 0 Å². The van der Waals surface area contributed by atoms with Gasteiger partial charge in [-0.05, 0) is 32.7 Å². The predicted octanol–water partition coefficient (Wildman–Crippen LogP) is 2.05. The summed E-state index contributed by atoms with van der Waals surface area (Å²) in [4.78, 5) is 14.3. The highest BCUT2D eigenvalue weighted by Crippen LogP contribution is 2.21. The van der Waals surface area contributed by atoms with Gasteiger partial charge in [0.25, 0.3) is 0 Å². The van der Waals surface area contributed by atoms with E-state index < -0.39 is 0 Å². The number of likely N-dealkylation sites (N-methyl/N-ethyl adjacent to an activating group) is 1. The minimum atomic E-state index is 0. The minimum Gasteiger partial charge on any atom is -0.338 e. The van der Waals surface area contributed by atoms with Gasteiger partial charge >= 0.3 is 0 Å². The third-order valence-electron chi connectivity index (χ3n) is 3.43. The lowest BCUT2D eigenvalue weighted by Crippen LogP contribution is -2.43. The molecule has 0 spiro atoms. The molecule has 1 heterocycles. The van der Waals surface area contributed by atoms with Crippen molar-refractivity contribution in [3.8, 4) is 0 Å². The molecular weight excluding hydrogens is 224 g/mol. The number of likely N-dealkylation sites (tertiary alicyclic amines) is 1. The first-order valence-corrected chi connectivity index (χ1v) is 6.19. The molecule has 1 fully saturated rings. The van der Waals surface area contributed by atoms with Crippen LogP contribution in [0.25, 0.3) is 0 Å². The van der Waals surface area contributed by atoms with Crippen LogP contribution >= 0.6 is 12.4 Å². The van der Waals surface area contributed by atoms with E-state index in [0.717, 1.165) is 38.8 Å². The number of nitrogens with zero attached hydrogens (tertiary/aromatic N) is 1. The number of hydrogen-bond acceptors (Lipinski definition) is 2. The maximum absolute atomic E-state index is 12.2. The Kier molecular flexibility index (Phi) is 7.77. The molecule has 1 atom stereocenters. The zero-order valence-electron chi connectivity index (χ0n) is 10.7. The predicted molar refractivity (Wildman–Crippen MR) is 70.0 cm³/mol. The Morgan fingerprint density at radius 1 is 1.44 bits per heavy atom. The molecule has 1 aliphatic rings. The van der Waals surface area contributed by atoms with E-state index in [9.17, 15) is 4.79 Å². The molecule has 1 saturated heterocycles. The highest BCUT2D eigenvalue weighted by atomic mass is 35.5. The number of halogens is 1.